The maximum atomic E-state index is 6.07. The Morgan fingerprint density at radius 3 is 2.92 bits per heavy atom. The lowest BCUT2D eigenvalue weighted by atomic mass is 10.1. The summed E-state index contributed by atoms with van der Waals surface area (Å²) >= 11 is 6.07. The van der Waals surface area contributed by atoms with E-state index in [9.17, 15) is 0 Å². The Bertz CT molecular complexity index is 1050. The molecule has 2 aromatic heterocycles. The lowest BCUT2D eigenvalue weighted by molar-refractivity contribution is 0.414. The number of methoxy groups -OCH3 is 1. The number of fused-ring (bicyclic) bond motifs is 1. The van der Waals surface area contributed by atoms with Gasteiger partial charge in [0.25, 0.3) is 0 Å². The quantitative estimate of drug-likeness (QED) is 0.388. The van der Waals surface area contributed by atoms with Crippen molar-refractivity contribution < 1.29 is 9.15 Å². The molecule has 0 atom stereocenters. The van der Waals surface area contributed by atoms with Crippen molar-refractivity contribution in [3.63, 3.8) is 0 Å². The van der Waals surface area contributed by atoms with Gasteiger partial charge in [0.2, 0.25) is 5.95 Å². The number of aromatic nitrogens is 2. The number of nitrogens with zero attached hydrogens (tertiary/aromatic N) is 2. The third-order valence-electron chi connectivity index (χ3n) is 3.81. The summed E-state index contributed by atoms with van der Waals surface area (Å²) in [6.45, 7) is 0. The minimum atomic E-state index is 0.561. The normalized spacial score (nSPS) is 11.3. The molecule has 0 bridgehead atoms. The van der Waals surface area contributed by atoms with Crippen LogP contribution in [0.3, 0.4) is 0 Å². The van der Waals surface area contributed by atoms with E-state index in [1.165, 1.54) is 0 Å². The van der Waals surface area contributed by atoms with E-state index in [-0.39, 0.29) is 0 Å². The number of imidazole rings is 1. The van der Waals surface area contributed by atoms with Gasteiger partial charge in [0.05, 0.1) is 29.9 Å². The van der Waals surface area contributed by atoms with Crippen LogP contribution >= 0.6 is 11.6 Å². The number of furan rings is 1. The number of nitrogens with one attached hydrogen (secondary N) is 2. The van der Waals surface area contributed by atoms with Crippen LogP contribution in [0.25, 0.3) is 22.4 Å². The van der Waals surface area contributed by atoms with Crippen LogP contribution in [0, 0.1) is 0 Å². The number of hydrogen-bond acceptors (Lipinski definition) is 5. The highest BCUT2D eigenvalue weighted by Gasteiger charge is 2.10. The monoisotopic (exact) mass is 366 g/mol. The average molecular weight is 367 g/mol. The van der Waals surface area contributed by atoms with Crippen molar-refractivity contribution >= 4 is 34.8 Å². The molecule has 130 valence electrons. The summed E-state index contributed by atoms with van der Waals surface area (Å²) in [4.78, 5) is 7.52. The summed E-state index contributed by atoms with van der Waals surface area (Å²) in [7, 11) is 1.61. The van der Waals surface area contributed by atoms with Crippen LogP contribution in [-0.4, -0.2) is 23.3 Å². The first-order valence-electron chi connectivity index (χ1n) is 7.90. The summed E-state index contributed by atoms with van der Waals surface area (Å²) < 4.78 is 11.2. The smallest absolute Gasteiger partial charge is 0.222 e. The Kier molecular flexibility index (Phi) is 4.33. The van der Waals surface area contributed by atoms with Crippen LogP contribution in [0.2, 0.25) is 5.02 Å². The topological polar surface area (TPSA) is 75.4 Å². The molecule has 0 unspecified atom stereocenters. The van der Waals surface area contributed by atoms with E-state index in [4.69, 9.17) is 20.8 Å². The zero-order valence-electron chi connectivity index (χ0n) is 13.9. The van der Waals surface area contributed by atoms with Crippen LogP contribution in [0.15, 0.2) is 64.1 Å². The second-order valence-electron chi connectivity index (χ2n) is 5.52. The minimum Gasteiger partial charge on any atom is -0.496 e. The van der Waals surface area contributed by atoms with E-state index in [0.29, 0.717) is 28.2 Å². The molecule has 0 spiro atoms. The predicted molar refractivity (Wildman–Crippen MR) is 103 cm³/mol. The molecule has 6 nitrogen and oxygen atoms in total. The lowest BCUT2D eigenvalue weighted by Gasteiger charge is -2.06. The molecule has 7 heteroatoms. The molecule has 0 aliphatic carbocycles. The van der Waals surface area contributed by atoms with Gasteiger partial charge in [0, 0.05) is 5.02 Å². The van der Waals surface area contributed by atoms with Gasteiger partial charge in [0.1, 0.15) is 17.3 Å². The molecule has 0 saturated carbocycles. The van der Waals surface area contributed by atoms with E-state index in [0.717, 1.165) is 16.6 Å². The first-order valence-corrected chi connectivity index (χ1v) is 8.28. The van der Waals surface area contributed by atoms with Crippen molar-refractivity contribution in [3.8, 4) is 17.1 Å². The summed E-state index contributed by atoms with van der Waals surface area (Å²) in [5, 5.41) is 4.76. The molecule has 0 fully saturated rings. The number of rotatable bonds is 5. The number of halogens is 1. The number of hydrazone groups is 1. The minimum absolute atomic E-state index is 0.561. The van der Waals surface area contributed by atoms with Crippen molar-refractivity contribution in [2.24, 2.45) is 5.10 Å². The van der Waals surface area contributed by atoms with Gasteiger partial charge < -0.3 is 14.1 Å². The third kappa shape index (κ3) is 3.27. The fourth-order valence-corrected chi connectivity index (χ4v) is 2.77. The van der Waals surface area contributed by atoms with Crippen molar-refractivity contribution in [1.82, 2.24) is 9.97 Å². The van der Waals surface area contributed by atoms with Gasteiger partial charge in [-0.1, -0.05) is 23.7 Å². The summed E-state index contributed by atoms with van der Waals surface area (Å²) in [5.74, 6) is 2.48. The second kappa shape index (κ2) is 6.93. The van der Waals surface area contributed by atoms with E-state index in [1.54, 1.807) is 31.5 Å². The number of H-pyrrole nitrogens is 1. The largest absolute Gasteiger partial charge is 0.496 e. The molecule has 26 heavy (non-hydrogen) atoms. The molecule has 0 amide bonds. The summed E-state index contributed by atoms with van der Waals surface area (Å²) in [6, 6.07) is 16.8. The van der Waals surface area contributed by atoms with Crippen LogP contribution in [0.4, 0.5) is 5.95 Å². The number of hydrogen-bond donors (Lipinski definition) is 2. The first kappa shape index (κ1) is 16.2. The number of aromatic amines is 1. The molecule has 0 saturated heterocycles. The van der Waals surface area contributed by atoms with Gasteiger partial charge in [-0.2, -0.15) is 5.10 Å². The van der Waals surface area contributed by atoms with E-state index in [2.05, 4.69) is 20.5 Å². The van der Waals surface area contributed by atoms with Crippen molar-refractivity contribution in [1.29, 1.82) is 0 Å². The molecule has 4 rings (SSSR count). The Morgan fingerprint density at radius 1 is 1.19 bits per heavy atom. The van der Waals surface area contributed by atoms with Gasteiger partial charge in [-0.15, -0.1) is 0 Å². The Labute approximate surface area is 154 Å². The Hall–Kier alpha value is -3.25. The van der Waals surface area contributed by atoms with Crippen molar-refractivity contribution in [3.05, 3.63) is 65.4 Å². The second-order valence-corrected chi connectivity index (χ2v) is 5.96. The van der Waals surface area contributed by atoms with E-state index < -0.39 is 0 Å². The predicted octanol–water partition coefficient (Wildman–Crippen LogP) is 4.93. The van der Waals surface area contributed by atoms with Gasteiger partial charge in [-0.3, -0.25) is 0 Å². The molecule has 2 heterocycles. The lowest BCUT2D eigenvalue weighted by Crippen LogP contribution is -1.91. The van der Waals surface area contributed by atoms with Gasteiger partial charge in [-0.25, -0.2) is 10.4 Å². The number of para-hydroxylation sites is 2. The number of anilines is 1. The van der Waals surface area contributed by atoms with Gasteiger partial charge >= 0.3 is 0 Å². The molecule has 4 aromatic rings. The fourth-order valence-electron chi connectivity index (χ4n) is 2.60. The zero-order chi connectivity index (χ0) is 17.9. The Balaban J connectivity index is 1.51. The molecule has 2 N–H and O–H groups in total. The van der Waals surface area contributed by atoms with Crippen molar-refractivity contribution in [2.75, 3.05) is 12.5 Å². The van der Waals surface area contributed by atoms with E-state index >= 15 is 0 Å². The molecular formula is C19H15ClN4O2. The highest BCUT2D eigenvalue weighted by Crippen LogP contribution is 2.33. The standard InChI is InChI=1S/C19H15ClN4O2/c1-25-17-8-6-12(20)10-14(17)18-9-7-13(26-18)11-21-24-19-22-15-4-2-3-5-16(15)23-19/h2-11H,1H3,(H2,22,23,24)/b21-11-. The molecule has 2 aromatic carbocycles. The van der Waals surface area contributed by atoms with Gasteiger partial charge in [-0.05, 0) is 42.5 Å². The Morgan fingerprint density at radius 2 is 2.08 bits per heavy atom. The van der Waals surface area contributed by atoms with Crippen LogP contribution in [0.5, 0.6) is 5.75 Å². The van der Waals surface area contributed by atoms with E-state index in [1.807, 2.05) is 36.4 Å². The number of ether oxygens (including phenoxy) is 1. The summed E-state index contributed by atoms with van der Waals surface area (Å²) in [5.41, 5.74) is 5.46. The van der Waals surface area contributed by atoms with Crippen LogP contribution < -0.4 is 10.2 Å². The van der Waals surface area contributed by atoms with Gasteiger partial charge in [0.15, 0.2) is 0 Å². The SMILES string of the molecule is COc1ccc(Cl)cc1-c1ccc(/C=N\Nc2nc3ccccc3[nH]2)o1. The third-order valence-corrected chi connectivity index (χ3v) is 4.04. The molecule has 0 aliphatic rings. The molecule has 0 aliphatic heterocycles. The van der Waals surface area contributed by atoms with Crippen molar-refractivity contribution in [2.45, 2.75) is 0 Å². The van der Waals surface area contributed by atoms with Crippen LogP contribution in [-0.2, 0) is 0 Å². The highest BCUT2D eigenvalue weighted by atomic mass is 35.5. The first-order chi connectivity index (χ1) is 12.7. The van der Waals surface area contributed by atoms with Crippen LogP contribution in [0.1, 0.15) is 5.76 Å². The molecule has 0 radical (unpaired) electrons. The number of benzene rings is 2. The zero-order valence-corrected chi connectivity index (χ0v) is 14.6. The highest BCUT2D eigenvalue weighted by molar-refractivity contribution is 6.30. The summed E-state index contributed by atoms with van der Waals surface area (Å²) in [6.07, 6.45) is 1.58. The molecular weight excluding hydrogens is 352 g/mol. The average Bonchev–Trinajstić information content (AvgIpc) is 3.28. The fraction of sp³-hybridized carbons (Fsp3) is 0.0526. The maximum absolute atomic E-state index is 6.07. The maximum Gasteiger partial charge on any atom is 0.222 e.